The number of aromatic nitrogens is 2. The molecule has 0 bridgehead atoms. The second kappa shape index (κ2) is 4.49. The van der Waals surface area contributed by atoms with Gasteiger partial charge in [-0.05, 0) is 46.6 Å². The first kappa shape index (κ1) is 10.9. The van der Waals surface area contributed by atoms with E-state index in [9.17, 15) is 0 Å². The Morgan fingerprint density at radius 3 is 2.81 bits per heavy atom. The van der Waals surface area contributed by atoms with Crippen molar-refractivity contribution in [2.24, 2.45) is 0 Å². The Kier molecular flexibility index (Phi) is 3.05. The number of aryl methyl sites for hydroxylation is 1. The molecule has 0 saturated carbocycles. The molecule has 1 heterocycles. The fourth-order valence-electron chi connectivity index (χ4n) is 1.19. The van der Waals surface area contributed by atoms with Crippen molar-refractivity contribution in [3.63, 3.8) is 0 Å². The van der Waals surface area contributed by atoms with Gasteiger partial charge in [-0.2, -0.15) is 4.98 Å². The van der Waals surface area contributed by atoms with Crippen molar-refractivity contribution in [1.82, 2.24) is 9.97 Å². The number of nitrogen functional groups attached to an aromatic ring is 1. The summed E-state index contributed by atoms with van der Waals surface area (Å²) in [6.07, 6.45) is 1.56. The van der Waals surface area contributed by atoms with Gasteiger partial charge in [-0.25, -0.2) is 4.98 Å². The van der Waals surface area contributed by atoms with E-state index in [1.165, 1.54) is 0 Å². The zero-order valence-electron chi connectivity index (χ0n) is 8.64. The smallest absolute Gasteiger partial charge is 0.323 e. The molecule has 0 amide bonds. The highest BCUT2D eigenvalue weighted by Crippen LogP contribution is 2.28. The van der Waals surface area contributed by atoms with E-state index >= 15 is 0 Å². The number of halogens is 1. The first-order chi connectivity index (χ1) is 7.65. The number of ether oxygens (including phenoxy) is 1. The van der Waals surface area contributed by atoms with Gasteiger partial charge >= 0.3 is 6.01 Å². The molecule has 0 atom stereocenters. The maximum atomic E-state index is 5.53. The van der Waals surface area contributed by atoms with Crippen molar-refractivity contribution >= 4 is 21.7 Å². The Hall–Kier alpha value is -1.62. The number of hydrogen-bond acceptors (Lipinski definition) is 4. The molecule has 82 valence electrons. The molecule has 0 spiro atoms. The number of benzene rings is 1. The highest BCUT2D eigenvalue weighted by atomic mass is 79.9. The minimum atomic E-state index is 0.240. The van der Waals surface area contributed by atoms with Crippen LogP contribution >= 0.6 is 15.9 Å². The predicted molar refractivity (Wildman–Crippen MR) is 65.4 cm³/mol. The molecule has 1 aromatic carbocycles. The van der Waals surface area contributed by atoms with Gasteiger partial charge in [0.05, 0.1) is 4.47 Å². The second-order valence-corrected chi connectivity index (χ2v) is 4.15. The summed E-state index contributed by atoms with van der Waals surface area (Å²) in [5, 5.41) is 0. The Morgan fingerprint density at radius 2 is 2.12 bits per heavy atom. The fourth-order valence-corrected chi connectivity index (χ4v) is 1.76. The van der Waals surface area contributed by atoms with E-state index in [1.807, 2.05) is 25.1 Å². The summed E-state index contributed by atoms with van der Waals surface area (Å²) in [5.74, 6) is 1.05. The van der Waals surface area contributed by atoms with E-state index in [2.05, 4.69) is 25.9 Å². The average molecular weight is 280 g/mol. The Morgan fingerprint density at radius 1 is 1.31 bits per heavy atom. The van der Waals surface area contributed by atoms with Crippen LogP contribution in [0.5, 0.6) is 11.8 Å². The molecule has 0 radical (unpaired) electrons. The van der Waals surface area contributed by atoms with Crippen LogP contribution in [0.2, 0.25) is 0 Å². The normalized spacial score (nSPS) is 10.1. The molecule has 2 rings (SSSR count). The molecular formula is C11H10BrN3O. The van der Waals surface area contributed by atoms with Crippen LogP contribution < -0.4 is 10.5 Å². The lowest BCUT2D eigenvalue weighted by Gasteiger charge is -2.06. The number of nitrogens with zero attached hydrogens (tertiary/aromatic N) is 2. The molecule has 5 heteroatoms. The van der Waals surface area contributed by atoms with Crippen molar-refractivity contribution in [2.45, 2.75) is 6.92 Å². The van der Waals surface area contributed by atoms with Crippen LogP contribution in [0.4, 0.5) is 5.82 Å². The van der Waals surface area contributed by atoms with Gasteiger partial charge < -0.3 is 10.5 Å². The van der Waals surface area contributed by atoms with Crippen LogP contribution in [0.15, 0.2) is 34.9 Å². The summed E-state index contributed by atoms with van der Waals surface area (Å²) >= 11 is 3.41. The van der Waals surface area contributed by atoms with Gasteiger partial charge in [-0.3, -0.25) is 0 Å². The van der Waals surface area contributed by atoms with Crippen molar-refractivity contribution in [3.05, 3.63) is 40.5 Å². The highest BCUT2D eigenvalue weighted by Gasteiger charge is 2.04. The van der Waals surface area contributed by atoms with E-state index in [4.69, 9.17) is 10.5 Å². The van der Waals surface area contributed by atoms with Crippen molar-refractivity contribution < 1.29 is 4.74 Å². The molecule has 0 aliphatic rings. The van der Waals surface area contributed by atoms with Gasteiger partial charge in [-0.15, -0.1) is 0 Å². The van der Waals surface area contributed by atoms with Gasteiger partial charge in [0.25, 0.3) is 0 Å². The Labute approximate surface area is 102 Å². The summed E-state index contributed by atoms with van der Waals surface area (Å²) in [6, 6.07) is 7.61. The second-order valence-electron chi connectivity index (χ2n) is 3.30. The quantitative estimate of drug-likeness (QED) is 0.918. The van der Waals surface area contributed by atoms with Gasteiger partial charge in [0.1, 0.15) is 11.6 Å². The van der Waals surface area contributed by atoms with Crippen LogP contribution in [0.3, 0.4) is 0 Å². The average Bonchev–Trinajstić information content (AvgIpc) is 2.22. The molecular weight excluding hydrogens is 270 g/mol. The maximum Gasteiger partial charge on any atom is 0.323 e. The minimum absolute atomic E-state index is 0.240. The third kappa shape index (κ3) is 2.49. The summed E-state index contributed by atoms with van der Waals surface area (Å²) in [7, 11) is 0. The fraction of sp³-hybridized carbons (Fsp3) is 0.0909. The molecule has 0 saturated heterocycles. The molecule has 0 unspecified atom stereocenters. The number of hydrogen-bond donors (Lipinski definition) is 1. The molecule has 2 N–H and O–H groups in total. The van der Waals surface area contributed by atoms with Gasteiger partial charge in [0, 0.05) is 6.20 Å². The lowest BCUT2D eigenvalue weighted by molar-refractivity contribution is 0.440. The third-order valence-corrected chi connectivity index (χ3v) is 2.56. The van der Waals surface area contributed by atoms with Crippen molar-refractivity contribution in [1.29, 1.82) is 0 Å². The maximum absolute atomic E-state index is 5.53. The van der Waals surface area contributed by atoms with Crippen molar-refractivity contribution in [2.75, 3.05) is 5.73 Å². The lowest BCUT2D eigenvalue weighted by atomic mass is 10.2. The van der Waals surface area contributed by atoms with Crippen LogP contribution in [0.25, 0.3) is 0 Å². The van der Waals surface area contributed by atoms with E-state index in [0.29, 0.717) is 11.6 Å². The number of anilines is 1. The summed E-state index contributed by atoms with van der Waals surface area (Å²) in [5.41, 5.74) is 6.68. The molecule has 0 aliphatic carbocycles. The van der Waals surface area contributed by atoms with Crippen LogP contribution in [0.1, 0.15) is 5.56 Å². The SMILES string of the molecule is Cc1ccc(Oc2nccc(N)n2)c(Br)c1. The largest absolute Gasteiger partial charge is 0.423 e. The van der Waals surface area contributed by atoms with E-state index < -0.39 is 0 Å². The van der Waals surface area contributed by atoms with Crippen LogP contribution in [0, 0.1) is 6.92 Å². The molecule has 4 nitrogen and oxygen atoms in total. The van der Waals surface area contributed by atoms with Crippen LogP contribution in [-0.4, -0.2) is 9.97 Å². The van der Waals surface area contributed by atoms with Gasteiger partial charge in [-0.1, -0.05) is 6.07 Å². The monoisotopic (exact) mass is 279 g/mol. The highest BCUT2D eigenvalue weighted by molar-refractivity contribution is 9.10. The van der Waals surface area contributed by atoms with Gasteiger partial charge in [0.2, 0.25) is 0 Å². The summed E-state index contributed by atoms with van der Waals surface area (Å²) in [6.45, 7) is 2.01. The minimum Gasteiger partial charge on any atom is -0.423 e. The molecule has 0 fully saturated rings. The number of rotatable bonds is 2. The molecule has 0 aliphatic heterocycles. The zero-order valence-corrected chi connectivity index (χ0v) is 10.2. The molecule has 2 aromatic rings. The van der Waals surface area contributed by atoms with E-state index in [1.54, 1.807) is 12.3 Å². The van der Waals surface area contributed by atoms with Gasteiger partial charge in [0.15, 0.2) is 0 Å². The molecule has 16 heavy (non-hydrogen) atoms. The topological polar surface area (TPSA) is 61.0 Å². The predicted octanol–water partition coefficient (Wildman–Crippen LogP) is 2.92. The van der Waals surface area contributed by atoms with E-state index in [-0.39, 0.29) is 6.01 Å². The number of nitrogens with two attached hydrogens (primary N) is 1. The Balaban J connectivity index is 2.27. The standard InChI is InChI=1S/C11H10BrN3O/c1-7-2-3-9(8(12)6-7)16-11-14-5-4-10(13)15-11/h2-6H,1H3,(H2,13,14,15). The lowest BCUT2D eigenvalue weighted by Crippen LogP contribution is -1.96. The Bertz CT molecular complexity index is 516. The van der Waals surface area contributed by atoms with Crippen LogP contribution in [-0.2, 0) is 0 Å². The zero-order chi connectivity index (χ0) is 11.5. The first-order valence-electron chi connectivity index (χ1n) is 4.67. The van der Waals surface area contributed by atoms with Crippen molar-refractivity contribution in [3.8, 4) is 11.8 Å². The summed E-state index contributed by atoms with van der Waals surface area (Å²) < 4.78 is 6.36. The third-order valence-electron chi connectivity index (χ3n) is 1.94. The molecule has 1 aromatic heterocycles. The summed E-state index contributed by atoms with van der Waals surface area (Å²) in [4.78, 5) is 7.92. The first-order valence-corrected chi connectivity index (χ1v) is 5.47. The van der Waals surface area contributed by atoms with E-state index in [0.717, 1.165) is 10.0 Å².